The molecule has 1 aliphatic rings. The van der Waals surface area contributed by atoms with Gasteiger partial charge in [0.05, 0.1) is 11.0 Å². The third-order valence-corrected chi connectivity index (χ3v) is 5.59. The van der Waals surface area contributed by atoms with Gasteiger partial charge < -0.3 is 9.97 Å². The normalized spacial score (nSPS) is 13.3. The van der Waals surface area contributed by atoms with Crippen LogP contribution in [0.5, 0.6) is 0 Å². The van der Waals surface area contributed by atoms with E-state index in [0.717, 1.165) is 34.3 Å². The third-order valence-electron chi connectivity index (χ3n) is 5.59. The topological polar surface area (TPSA) is 94.2 Å². The number of aryl methyl sites for hydroxylation is 1. The molecule has 154 valence electrons. The van der Waals surface area contributed by atoms with Gasteiger partial charge in [0.15, 0.2) is 5.78 Å². The maximum absolute atomic E-state index is 12.8. The summed E-state index contributed by atoms with van der Waals surface area (Å²) in [6, 6.07) is 14.7. The number of H-pyrrole nitrogens is 2. The molecule has 2 N–H and O–H groups in total. The van der Waals surface area contributed by atoms with E-state index in [2.05, 4.69) is 15.1 Å². The molecule has 31 heavy (non-hydrogen) atoms. The van der Waals surface area contributed by atoms with Crippen molar-refractivity contribution in [3.8, 4) is 11.4 Å². The molecule has 0 atom stereocenters. The second-order valence-corrected chi connectivity index (χ2v) is 7.65. The lowest BCUT2D eigenvalue weighted by molar-refractivity contribution is 0.0772. The zero-order chi connectivity index (χ0) is 21.5. The van der Waals surface area contributed by atoms with Crippen molar-refractivity contribution in [3.63, 3.8) is 0 Å². The van der Waals surface area contributed by atoms with Crippen molar-refractivity contribution in [3.05, 3.63) is 76.6 Å². The molecule has 2 aromatic carbocycles. The minimum atomic E-state index is -0.146. The number of hydrogen-bond acceptors (Lipinski definition) is 4. The predicted molar refractivity (Wildman–Crippen MR) is 119 cm³/mol. The molecule has 4 aromatic rings. The van der Waals surface area contributed by atoms with E-state index in [4.69, 9.17) is 4.98 Å². The summed E-state index contributed by atoms with van der Waals surface area (Å²) in [5.41, 5.74) is 5.83. The molecule has 3 heterocycles. The van der Waals surface area contributed by atoms with Crippen LogP contribution in [0.3, 0.4) is 0 Å². The van der Waals surface area contributed by atoms with Crippen LogP contribution < -0.4 is 0 Å². The zero-order valence-electron chi connectivity index (χ0n) is 17.3. The number of amides is 1. The summed E-state index contributed by atoms with van der Waals surface area (Å²) in [6.07, 6.45) is 2.52. The number of rotatable bonds is 4. The monoisotopic (exact) mass is 411 g/mol. The van der Waals surface area contributed by atoms with Crippen molar-refractivity contribution in [1.29, 1.82) is 0 Å². The summed E-state index contributed by atoms with van der Waals surface area (Å²) in [4.78, 5) is 36.8. The number of fused-ring (bicyclic) bond motifs is 1. The number of carbonyl (C=O) groups is 2. The summed E-state index contributed by atoms with van der Waals surface area (Å²) < 4.78 is 0. The smallest absolute Gasteiger partial charge is 0.290 e. The Balaban J connectivity index is 1.52. The van der Waals surface area contributed by atoms with E-state index in [1.54, 1.807) is 24.4 Å². The van der Waals surface area contributed by atoms with Crippen molar-refractivity contribution in [1.82, 2.24) is 20.0 Å². The van der Waals surface area contributed by atoms with Crippen molar-refractivity contribution in [2.75, 3.05) is 6.54 Å². The zero-order valence-corrected chi connectivity index (χ0v) is 17.3. The van der Waals surface area contributed by atoms with Crippen LogP contribution in [-0.2, 0) is 0 Å². The Morgan fingerprint density at radius 1 is 1.00 bits per heavy atom. The Morgan fingerprint density at radius 2 is 1.81 bits per heavy atom. The highest BCUT2D eigenvalue weighted by molar-refractivity contribution is 6.10. The second kappa shape index (κ2) is 7.36. The molecule has 0 saturated heterocycles. The van der Waals surface area contributed by atoms with Crippen LogP contribution in [0.1, 0.15) is 44.1 Å². The molecule has 1 aliphatic heterocycles. The van der Waals surface area contributed by atoms with Gasteiger partial charge in [-0.2, -0.15) is 5.10 Å². The molecule has 0 aliphatic carbocycles. The van der Waals surface area contributed by atoms with Crippen LogP contribution in [0, 0.1) is 13.8 Å². The number of carbonyl (C=O) groups excluding carboxylic acids is 2. The number of imidazole rings is 1. The van der Waals surface area contributed by atoms with Gasteiger partial charge in [-0.1, -0.05) is 30.3 Å². The van der Waals surface area contributed by atoms with E-state index in [1.807, 2.05) is 44.2 Å². The first-order chi connectivity index (χ1) is 15.0. The van der Waals surface area contributed by atoms with Crippen LogP contribution in [0.4, 0.5) is 0 Å². The van der Waals surface area contributed by atoms with E-state index in [1.165, 1.54) is 5.01 Å². The molecule has 0 fully saturated rings. The van der Waals surface area contributed by atoms with Crippen LogP contribution in [-0.4, -0.2) is 44.4 Å². The minimum absolute atomic E-state index is 0.0355. The highest BCUT2D eigenvalue weighted by Crippen LogP contribution is 2.30. The Labute approximate surface area is 178 Å². The summed E-state index contributed by atoms with van der Waals surface area (Å²) in [5, 5.41) is 5.61. The number of benzene rings is 2. The van der Waals surface area contributed by atoms with Gasteiger partial charge in [-0.15, -0.1) is 0 Å². The van der Waals surface area contributed by atoms with Gasteiger partial charge in [-0.25, -0.2) is 9.99 Å². The van der Waals surface area contributed by atoms with Crippen LogP contribution in [0.2, 0.25) is 0 Å². The second-order valence-electron chi connectivity index (χ2n) is 7.65. The lowest BCUT2D eigenvalue weighted by Gasteiger charge is -2.10. The van der Waals surface area contributed by atoms with E-state index in [0.29, 0.717) is 29.2 Å². The van der Waals surface area contributed by atoms with E-state index >= 15 is 0 Å². The Bertz CT molecular complexity index is 1350. The van der Waals surface area contributed by atoms with E-state index in [-0.39, 0.29) is 11.7 Å². The Kier molecular flexibility index (Phi) is 4.51. The number of ketones is 1. The summed E-state index contributed by atoms with van der Waals surface area (Å²) in [7, 11) is 0. The lowest BCUT2D eigenvalue weighted by atomic mass is 10.0. The molecular weight excluding hydrogens is 390 g/mol. The first-order valence-corrected chi connectivity index (χ1v) is 10.2. The van der Waals surface area contributed by atoms with E-state index < -0.39 is 0 Å². The van der Waals surface area contributed by atoms with Crippen LogP contribution in [0.15, 0.2) is 53.6 Å². The summed E-state index contributed by atoms with van der Waals surface area (Å²) in [5.74, 6) is 0.480. The summed E-state index contributed by atoms with van der Waals surface area (Å²) in [6.45, 7) is 4.42. The Hall–Kier alpha value is -4.00. The van der Waals surface area contributed by atoms with Crippen molar-refractivity contribution in [2.24, 2.45) is 5.10 Å². The molecule has 0 spiro atoms. The highest BCUT2D eigenvalue weighted by atomic mass is 16.2. The maximum Gasteiger partial charge on any atom is 0.290 e. The van der Waals surface area contributed by atoms with Crippen molar-refractivity contribution in [2.45, 2.75) is 20.3 Å². The quantitative estimate of drug-likeness (QED) is 0.492. The average molecular weight is 411 g/mol. The third kappa shape index (κ3) is 3.24. The van der Waals surface area contributed by atoms with Gasteiger partial charge in [-0.05, 0) is 37.6 Å². The average Bonchev–Trinajstić information content (AvgIpc) is 3.51. The van der Waals surface area contributed by atoms with Crippen LogP contribution in [0.25, 0.3) is 22.4 Å². The predicted octanol–water partition coefficient (Wildman–Crippen LogP) is 4.24. The molecule has 0 radical (unpaired) electrons. The van der Waals surface area contributed by atoms with Gasteiger partial charge in [0.25, 0.3) is 5.91 Å². The van der Waals surface area contributed by atoms with Crippen molar-refractivity contribution < 1.29 is 9.59 Å². The van der Waals surface area contributed by atoms with Crippen LogP contribution >= 0.6 is 0 Å². The van der Waals surface area contributed by atoms with Gasteiger partial charge in [0.1, 0.15) is 11.5 Å². The van der Waals surface area contributed by atoms with Crippen molar-refractivity contribution >= 4 is 28.9 Å². The molecule has 2 aromatic heterocycles. The standard InChI is InChI=1S/C24H21N5O2/c1-14-20(15(2)26-21(14)24(31)29-12-6-11-25-29)23-27-18-10-9-17(13-19(18)28-23)22(30)16-7-4-3-5-8-16/h3-5,7-11,13,26H,6,12H2,1-2H3,(H,27,28). The molecule has 1 amide bonds. The number of aromatic amines is 2. The SMILES string of the molecule is Cc1[nH]c(C(=O)N2CCC=N2)c(C)c1-c1nc2ccc(C(=O)c3ccccc3)cc2[nH]1. The fraction of sp³-hybridized carbons (Fsp3) is 0.167. The number of hydrogen-bond donors (Lipinski definition) is 2. The number of hydrazone groups is 1. The van der Waals surface area contributed by atoms with Gasteiger partial charge in [0, 0.05) is 41.6 Å². The Morgan fingerprint density at radius 3 is 2.55 bits per heavy atom. The number of nitrogens with one attached hydrogen (secondary N) is 2. The number of aromatic nitrogens is 3. The first-order valence-electron chi connectivity index (χ1n) is 10.2. The molecule has 0 bridgehead atoms. The molecule has 0 unspecified atom stereocenters. The first kappa shape index (κ1) is 19.0. The van der Waals surface area contributed by atoms with Gasteiger partial charge in [0.2, 0.25) is 0 Å². The van der Waals surface area contributed by atoms with Gasteiger partial charge >= 0.3 is 0 Å². The molecule has 7 heteroatoms. The fourth-order valence-electron chi connectivity index (χ4n) is 4.02. The minimum Gasteiger partial charge on any atom is -0.354 e. The lowest BCUT2D eigenvalue weighted by Crippen LogP contribution is -2.24. The molecule has 7 nitrogen and oxygen atoms in total. The maximum atomic E-state index is 12.8. The number of nitrogens with zero attached hydrogens (tertiary/aromatic N) is 3. The largest absolute Gasteiger partial charge is 0.354 e. The van der Waals surface area contributed by atoms with Gasteiger partial charge in [-0.3, -0.25) is 9.59 Å². The highest BCUT2D eigenvalue weighted by Gasteiger charge is 2.25. The molecule has 5 rings (SSSR count). The molecular formula is C24H21N5O2. The summed E-state index contributed by atoms with van der Waals surface area (Å²) >= 11 is 0. The fourth-order valence-corrected chi connectivity index (χ4v) is 4.02. The van der Waals surface area contributed by atoms with E-state index in [9.17, 15) is 9.59 Å². The molecule has 0 saturated carbocycles.